The van der Waals surface area contributed by atoms with Gasteiger partial charge in [0.2, 0.25) is 0 Å². The average Bonchev–Trinajstić information content (AvgIpc) is 2.89. The molecule has 8 heteroatoms. The molecule has 1 atom stereocenters. The van der Waals surface area contributed by atoms with Crippen LogP contribution in [0.2, 0.25) is 5.02 Å². The molecule has 0 amide bonds. The van der Waals surface area contributed by atoms with Crippen LogP contribution >= 0.6 is 11.6 Å². The van der Waals surface area contributed by atoms with Gasteiger partial charge in [-0.15, -0.1) is 5.10 Å². The molecule has 2 rings (SSSR count). The zero-order valence-electron chi connectivity index (χ0n) is 11.6. The Morgan fingerprint density at radius 1 is 1.52 bits per heavy atom. The smallest absolute Gasteiger partial charge is 0.275 e. The standard InChI is InChI=1S/C13H16ClN5O2/c1-2-3-11(15)12-8-18(17-16-12)7-9-4-5-10(14)6-13(9)19(20)21/h4-6,8,11H,2-3,7,15H2,1H3. The van der Waals surface area contributed by atoms with E-state index < -0.39 is 4.92 Å². The highest BCUT2D eigenvalue weighted by molar-refractivity contribution is 6.30. The van der Waals surface area contributed by atoms with E-state index >= 15 is 0 Å². The Morgan fingerprint density at radius 3 is 2.95 bits per heavy atom. The number of aromatic nitrogens is 3. The van der Waals surface area contributed by atoms with Gasteiger partial charge in [0, 0.05) is 11.1 Å². The van der Waals surface area contributed by atoms with Crippen LogP contribution in [-0.2, 0) is 6.54 Å². The molecule has 0 saturated heterocycles. The summed E-state index contributed by atoms with van der Waals surface area (Å²) in [7, 11) is 0. The molecule has 1 aromatic heterocycles. The minimum Gasteiger partial charge on any atom is -0.323 e. The zero-order chi connectivity index (χ0) is 15.4. The summed E-state index contributed by atoms with van der Waals surface area (Å²) in [5.41, 5.74) is 7.15. The van der Waals surface area contributed by atoms with Gasteiger partial charge < -0.3 is 5.73 Å². The second kappa shape index (κ2) is 6.64. The lowest BCUT2D eigenvalue weighted by molar-refractivity contribution is -0.385. The maximum absolute atomic E-state index is 11.0. The topological polar surface area (TPSA) is 99.9 Å². The van der Waals surface area contributed by atoms with Gasteiger partial charge in [0.15, 0.2) is 0 Å². The predicted molar refractivity (Wildman–Crippen MR) is 79.1 cm³/mol. The number of nitrogens with two attached hydrogens (primary N) is 1. The van der Waals surface area contributed by atoms with Crippen LogP contribution in [0.25, 0.3) is 0 Å². The van der Waals surface area contributed by atoms with E-state index in [4.69, 9.17) is 17.3 Å². The largest absolute Gasteiger partial charge is 0.323 e. The molecule has 0 saturated carbocycles. The van der Waals surface area contributed by atoms with Crippen LogP contribution in [0.4, 0.5) is 5.69 Å². The first-order valence-corrected chi connectivity index (χ1v) is 6.97. The van der Waals surface area contributed by atoms with Crippen molar-refractivity contribution in [1.29, 1.82) is 0 Å². The van der Waals surface area contributed by atoms with Gasteiger partial charge in [-0.05, 0) is 18.6 Å². The molecule has 0 aliphatic rings. The van der Waals surface area contributed by atoms with Gasteiger partial charge in [-0.25, -0.2) is 4.68 Å². The second-order valence-electron chi connectivity index (χ2n) is 4.77. The third kappa shape index (κ3) is 3.77. The molecule has 0 spiro atoms. The van der Waals surface area contributed by atoms with Crippen LogP contribution in [0.3, 0.4) is 0 Å². The van der Waals surface area contributed by atoms with Crippen molar-refractivity contribution in [3.8, 4) is 0 Å². The Bertz CT molecular complexity index is 643. The molecule has 1 heterocycles. The Labute approximate surface area is 126 Å². The Balaban J connectivity index is 2.21. The fraction of sp³-hybridized carbons (Fsp3) is 0.385. The SMILES string of the molecule is CCCC(N)c1cn(Cc2ccc(Cl)cc2[N+](=O)[O-])nn1. The maximum Gasteiger partial charge on any atom is 0.275 e. The minimum atomic E-state index is -0.456. The Kier molecular flexibility index (Phi) is 4.87. The molecule has 112 valence electrons. The molecule has 0 fully saturated rings. The molecule has 0 bridgehead atoms. The van der Waals surface area contributed by atoms with Crippen molar-refractivity contribution >= 4 is 17.3 Å². The van der Waals surface area contributed by atoms with Crippen molar-refractivity contribution in [3.05, 3.63) is 50.8 Å². The summed E-state index contributed by atoms with van der Waals surface area (Å²) >= 11 is 5.79. The van der Waals surface area contributed by atoms with Crippen LogP contribution in [-0.4, -0.2) is 19.9 Å². The number of hydrogen-bond acceptors (Lipinski definition) is 5. The first kappa shape index (κ1) is 15.4. The summed E-state index contributed by atoms with van der Waals surface area (Å²) < 4.78 is 1.54. The number of benzene rings is 1. The zero-order valence-corrected chi connectivity index (χ0v) is 12.3. The predicted octanol–water partition coefficient (Wildman–Crippen LogP) is 2.69. The number of nitro benzene ring substituents is 1. The molecule has 21 heavy (non-hydrogen) atoms. The lowest BCUT2D eigenvalue weighted by Crippen LogP contribution is -2.10. The van der Waals surface area contributed by atoms with Crippen LogP contribution in [0.15, 0.2) is 24.4 Å². The molecule has 7 nitrogen and oxygen atoms in total. The van der Waals surface area contributed by atoms with Crippen molar-refractivity contribution in [2.45, 2.75) is 32.4 Å². The van der Waals surface area contributed by atoms with Crippen LogP contribution in [0.5, 0.6) is 0 Å². The van der Waals surface area contributed by atoms with E-state index in [1.54, 1.807) is 23.0 Å². The van der Waals surface area contributed by atoms with Crippen molar-refractivity contribution < 1.29 is 4.92 Å². The van der Waals surface area contributed by atoms with Gasteiger partial charge in [-0.3, -0.25) is 10.1 Å². The molecule has 0 aliphatic heterocycles. The highest BCUT2D eigenvalue weighted by atomic mass is 35.5. The molecule has 0 radical (unpaired) electrons. The van der Waals surface area contributed by atoms with Gasteiger partial charge in [-0.2, -0.15) is 0 Å². The van der Waals surface area contributed by atoms with E-state index in [2.05, 4.69) is 10.3 Å². The molecule has 2 aromatic rings. The van der Waals surface area contributed by atoms with E-state index in [0.29, 0.717) is 16.3 Å². The van der Waals surface area contributed by atoms with Gasteiger partial charge in [0.1, 0.15) is 0 Å². The maximum atomic E-state index is 11.0. The summed E-state index contributed by atoms with van der Waals surface area (Å²) in [6, 6.07) is 4.40. The fourth-order valence-electron chi connectivity index (χ4n) is 2.03. The lowest BCUT2D eigenvalue weighted by atomic mass is 10.1. The first-order valence-electron chi connectivity index (χ1n) is 6.59. The molecular formula is C13H16ClN5O2. The summed E-state index contributed by atoms with van der Waals surface area (Å²) in [5, 5.41) is 19.4. The van der Waals surface area contributed by atoms with Gasteiger partial charge >= 0.3 is 0 Å². The van der Waals surface area contributed by atoms with Gasteiger partial charge in [0.05, 0.1) is 35.0 Å². The Hall–Kier alpha value is -1.99. The Morgan fingerprint density at radius 2 is 2.29 bits per heavy atom. The normalized spacial score (nSPS) is 12.3. The van der Waals surface area contributed by atoms with E-state index in [1.807, 2.05) is 6.92 Å². The number of nitrogens with zero attached hydrogens (tertiary/aromatic N) is 4. The van der Waals surface area contributed by atoms with Crippen LogP contribution < -0.4 is 5.73 Å². The second-order valence-corrected chi connectivity index (χ2v) is 5.20. The van der Waals surface area contributed by atoms with Crippen molar-refractivity contribution in [2.24, 2.45) is 5.73 Å². The number of halogens is 1. The quantitative estimate of drug-likeness (QED) is 0.653. The molecule has 0 aliphatic carbocycles. The minimum absolute atomic E-state index is 0.0302. The monoisotopic (exact) mass is 309 g/mol. The summed E-state index contributed by atoms with van der Waals surface area (Å²) in [4.78, 5) is 10.6. The average molecular weight is 310 g/mol. The van der Waals surface area contributed by atoms with Gasteiger partial charge in [-0.1, -0.05) is 30.2 Å². The van der Waals surface area contributed by atoms with Crippen molar-refractivity contribution in [2.75, 3.05) is 0 Å². The lowest BCUT2D eigenvalue weighted by Gasteiger charge is -2.05. The number of hydrogen-bond donors (Lipinski definition) is 1. The van der Waals surface area contributed by atoms with Crippen LogP contribution in [0.1, 0.15) is 37.1 Å². The highest BCUT2D eigenvalue weighted by Gasteiger charge is 2.16. The van der Waals surface area contributed by atoms with E-state index in [0.717, 1.165) is 12.8 Å². The summed E-state index contributed by atoms with van der Waals surface area (Å²) in [6.07, 6.45) is 3.50. The molecular weight excluding hydrogens is 294 g/mol. The molecule has 1 aromatic carbocycles. The number of rotatable bonds is 6. The van der Waals surface area contributed by atoms with Gasteiger partial charge in [0.25, 0.3) is 5.69 Å². The van der Waals surface area contributed by atoms with E-state index in [1.165, 1.54) is 6.07 Å². The van der Waals surface area contributed by atoms with E-state index in [-0.39, 0.29) is 18.3 Å². The first-order chi connectivity index (χ1) is 10.0. The van der Waals surface area contributed by atoms with Crippen molar-refractivity contribution in [1.82, 2.24) is 15.0 Å². The van der Waals surface area contributed by atoms with Crippen molar-refractivity contribution in [3.63, 3.8) is 0 Å². The summed E-state index contributed by atoms with van der Waals surface area (Å²) in [6.45, 7) is 2.29. The molecule has 1 unspecified atom stereocenters. The third-order valence-electron chi connectivity index (χ3n) is 3.11. The summed E-state index contributed by atoms with van der Waals surface area (Å²) in [5.74, 6) is 0. The highest BCUT2D eigenvalue weighted by Crippen LogP contribution is 2.24. The van der Waals surface area contributed by atoms with E-state index in [9.17, 15) is 10.1 Å². The number of nitro groups is 1. The van der Waals surface area contributed by atoms with Crippen LogP contribution in [0, 0.1) is 10.1 Å². The molecule has 2 N–H and O–H groups in total. The third-order valence-corrected chi connectivity index (χ3v) is 3.35. The fourth-order valence-corrected chi connectivity index (χ4v) is 2.20.